The van der Waals surface area contributed by atoms with E-state index < -0.39 is 17.4 Å². The summed E-state index contributed by atoms with van der Waals surface area (Å²) in [4.78, 5) is 23.9. The van der Waals surface area contributed by atoms with Crippen LogP contribution in [-0.2, 0) is 19.1 Å². The van der Waals surface area contributed by atoms with E-state index in [2.05, 4.69) is 13.8 Å². The molecule has 1 unspecified atom stereocenters. The van der Waals surface area contributed by atoms with Crippen molar-refractivity contribution in [1.82, 2.24) is 0 Å². The average Bonchev–Trinajstić information content (AvgIpc) is 3.22. The maximum atomic E-state index is 11.9. The lowest BCUT2D eigenvalue weighted by molar-refractivity contribution is -0.161. The number of ether oxygens (including phenoxy) is 2. The van der Waals surface area contributed by atoms with Gasteiger partial charge in [-0.3, -0.25) is 9.59 Å². The highest BCUT2D eigenvalue weighted by atomic mass is 16.5. The fourth-order valence-corrected chi connectivity index (χ4v) is 2.68. The summed E-state index contributed by atoms with van der Waals surface area (Å²) in [5.41, 5.74) is 1.06. The fourth-order valence-electron chi connectivity index (χ4n) is 2.68. The van der Waals surface area contributed by atoms with Crippen LogP contribution in [0.2, 0.25) is 0 Å². The smallest absolute Gasteiger partial charge is 0.323 e. The minimum Gasteiger partial charge on any atom is -0.468 e. The number of carbonyl (C=O) groups is 2. The van der Waals surface area contributed by atoms with E-state index in [4.69, 9.17) is 9.47 Å². The first-order valence-corrected chi connectivity index (χ1v) is 6.74. The van der Waals surface area contributed by atoms with Gasteiger partial charge >= 0.3 is 11.9 Å². The van der Waals surface area contributed by atoms with Crippen molar-refractivity contribution < 1.29 is 19.1 Å². The Balaban J connectivity index is 2.26. The van der Waals surface area contributed by atoms with Crippen LogP contribution in [0.3, 0.4) is 0 Å². The van der Waals surface area contributed by atoms with Gasteiger partial charge in [-0.15, -0.1) is 0 Å². The lowest BCUT2D eigenvalue weighted by Crippen LogP contribution is -2.30. The number of methoxy groups -OCH3 is 2. The zero-order valence-corrected chi connectivity index (χ0v) is 12.3. The van der Waals surface area contributed by atoms with Crippen LogP contribution in [0, 0.1) is 5.41 Å². The second kappa shape index (κ2) is 5.27. The van der Waals surface area contributed by atoms with Crippen molar-refractivity contribution in [3.63, 3.8) is 0 Å². The van der Waals surface area contributed by atoms with Crippen LogP contribution in [-0.4, -0.2) is 26.2 Å². The van der Waals surface area contributed by atoms with Crippen molar-refractivity contribution in [2.75, 3.05) is 14.2 Å². The third kappa shape index (κ3) is 2.19. The van der Waals surface area contributed by atoms with Gasteiger partial charge in [0.1, 0.15) is 0 Å². The zero-order valence-electron chi connectivity index (χ0n) is 12.3. The van der Waals surface area contributed by atoms with Crippen LogP contribution in [0.25, 0.3) is 0 Å². The summed E-state index contributed by atoms with van der Waals surface area (Å²) < 4.78 is 9.55. The molecule has 0 bridgehead atoms. The summed E-state index contributed by atoms with van der Waals surface area (Å²) in [6, 6.07) is 8.04. The van der Waals surface area contributed by atoms with E-state index in [9.17, 15) is 9.59 Å². The summed E-state index contributed by atoms with van der Waals surface area (Å²) in [5.74, 6) is -0.720. The molecule has 0 aromatic heterocycles. The first-order chi connectivity index (χ1) is 9.47. The third-order valence-electron chi connectivity index (χ3n) is 4.07. The Morgan fingerprint density at radius 1 is 1.10 bits per heavy atom. The first kappa shape index (κ1) is 14.6. The molecule has 0 amide bonds. The van der Waals surface area contributed by atoms with Crippen LogP contribution in [0.1, 0.15) is 43.2 Å². The highest BCUT2D eigenvalue weighted by molar-refractivity contribution is 6.05. The Hall–Kier alpha value is -1.84. The molecule has 1 aliphatic carbocycles. The van der Waals surface area contributed by atoms with E-state index in [1.54, 1.807) is 0 Å². The number of rotatable bonds is 4. The van der Waals surface area contributed by atoms with Gasteiger partial charge in [-0.25, -0.2) is 0 Å². The Bertz CT molecular complexity index is 500. The van der Waals surface area contributed by atoms with Gasteiger partial charge in [-0.1, -0.05) is 38.1 Å². The molecule has 1 aliphatic rings. The second-order valence-electron chi connectivity index (χ2n) is 5.53. The molecule has 1 aromatic rings. The quantitative estimate of drug-likeness (QED) is 0.626. The predicted octanol–water partition coefficient (Wildman–Crippen LogP) is 2.63. The standard InChI is InChI=1S/C16H20O4/c1-10(2)11-5-7-12(8-6-11)13-9-16(13,14(17)19-3)15(18)20-4/h5-8,10,13H,9H2,1-4H3. The number of hydrogen-bond acceptors (Lipinski definition) is 4. The molecule has 1 aromatic carbocycles. The molecule has 0 radical (unpaired) electrons. The molecule has 20 heavy (non-hydrogen) atoms. The minimum absolute atomic E-state index is 0.149. The van der Waals surface area contributed by atoms with Crippen molar-refractivity contribution >= 4 is 11.9 Å². The largest absolute Gasteiger partial charge is 0.468 e. The van der Waals surface area contributed by atoms with E-state index in [-0.39, 0.29) is 5.92 Å². The van der Waals surface area contributed by atoms with E-state index in [1.165, 1.54) is 19.8 Å². The summed E-state index contributed by atoms with van der Waals surface area (Å²) in [6.07, 6.45) is 0.452. The molecule has 108 valence electrons. The van der Waals surface area contributed by atoms with Crippen LogP contribution >= 0.6 is 0 Å². The molecule has 0 N–H and O–H groups in total. The van der Waals surface area contributed by atoms with Crippen LogP contribution in [0.5, 0.6) is 0 Å². The third-order valence-corrected chi connectivity index (χ3v) is 4.07. The van der Waals surface area contributed by atoms with Gasteiger partial charge in [-0.05, 0) is 23.5 Å². The predicted molar refractivity (Wildman–Crippen MR) is 74.4 cm³/mol. The molecular weight excluding hydrogens is 256 g/mol. The maximum Gasteiger partial charge on any atom is 0.323 e. The van der Waals surface area contributed by atoms with E-state index in [0.717, 1.165) is 5.56 Å². The van der Waals surface area contributed by atoms with Gasteiger partial charge in [0.2, 0.25) is 0 Å². The molecule has 1 atom stereocenters. The number of benzene rings is 1. The molecule has 4 nitrogen and oxygen atoms in total. The monoisotopic (exact) mass is 276 g/mol. The summed E-state index contributed by atoms with van der Waals surface area (Å²) in [7, 11) is 2.59. The van der Waals surface area contributed by atoms with Crippen molar-refractivity contribution in [2.45, 2.75) is 32.1 Å². The maximum absolute atomic E-state index is 11.9. The van der Waals surface area contributed by atoms with Crippen LogP contribution < -0.4 is 0 Å². The SMILES string of the molecule is COC(=O)C1(C(=O)OC)CC1c1ccc(C(C)C)cc1. The summed E-state index contributed by atoms with van der Waals surface area (Å²) >= 11 is 0. The number of hydrogen-bond donors (Lipinski definition) is 0. The molecule has 0 heterocycles. The average molecular weight is 276 g/mol. The summed E-state index contributed by atoms with van der Waals surface area (Å²) in [5, 5.41) is 0. The number of esters is 2. The highest BCUT2D eigenvalue weighted by Gasteiger charge is 2.68. The molecule has 1 saturated carbocycles. The highest BCUT2D eigenvalue weighted by Crippen LogP contribution is 2.60. The van der Waals surface area contributed by atoms with Crippen molar-refractivity contribution in [2.24, 2.45) is 5.41 Å². The molecule has 4 heteroatoms. The zero-order chi connectivity index (χ0) is 14.9. The van der Waals surface area contributed by atoms with Gasteiger partial charge in [0, 0.05) is 5.92 Å². The van der Waals surface area contributed by atoms with Crippen molar-refractivity contribution in [3.8, 4) is 0 Å². The topological polar surface area (TPSA) is 52.6 Å². The first-order valence-electron chi connectivity index (χ1n) is 6.74. The van der Waals surface area contributed by atoms with Crippen LogP contribution in [0.15, 0.2) is 24.3 Å². The number of carbonyl (C=O) groups excluding carboxylic acids is 2. The minimum atomic E-state index is -1.15. The molecule has 0 saturated heterocycles. The fraction of sp³-hybridized carbons (Fsp3) is 0.500. The van der Waals surface area contributed by atoms with Crippen molar-refractivity contribution in [1.29, 1.82) is 0 Å². The Morgan fingerprint density at radius 2 is 1.60 bits per heavy atom. The normalized spacial score (nSPS) is 19.6. The van der Waals surface area contributed by atoms with Gasteiger partial charge in [0.05, 0.1) is 14.2 Å². The van der Waals surface area contributed by atoms with E-state index >= 15 is 0 Å². The lowest BCUT2D eigenvalue weighted by Gasteiger charge is -2.13. The van der Waals surface area contributed by atoms with Crippen molar-refractivity contribution in [3.05, 3.63) is 35.4 Å². The Kier molecular flexibility index (Phi) is 3.84. The van der Waals surface area contributed by atoms with Gasteiger partial charge < -0.3 is 9.47 Å². The van der Waals surface area contributed by atoms with E-state index in [1.807, 2.05) is 24.3 Å². The molecule has 0 spiro atoms. The molecule has 1 fully saturated rings. The van der Waals surface area contributed by atoms with E-state index in [0.29, 0.717) is 12.3 Å². The van der Waals surface area contributed by atoms with Gasteiger partial charge in [0.15, 0.2) is 5.41 Å². The Labute approximate surface area is 119 Å². The van der Waals surface area contributed by atoms with Gasteiger partial charge in [-0.2, -0.15) is 0 Å². The molecule has 0 aliphatic heterocycles. The van der Waals surface area contributed by atoms with Crippen LogP contribution in [0.4, 0.5) is 0 Å². The molecular formula is C16H20O4. The lowest BCUT2D eigenvalue weighted by atomic mass is 9.96. The second-order valence-corrected chi connectivity index (χ2v) is 5.53. The Morgan fingerprint density at radius 3 is 2.00 bits per heavy atom. The summed E-state index contributed by atoms with van der Waals surface area (Å²) in [6.45, 7) is 4.25. The molecule has 2 rings (SSSR count). The van der Waals surface area contributed by atoms with Gasteiger partial charge in [0.25, 0.3) is 0 Å².